The number of carbonyl (C=O) groups excluding carboxylic acids is 1. The number of anilines is 1. The van der Waals surface area contributed by atoms with Crippen molar-refractivity contribution in [1.29, 1.82) is 0 Å². The first-order valence-electron chi connectivity index (χ1n) is 9.64. The minimum atomic E-state index is -0.0210. The molecule has 1 aliphatic heterocycles. The van der Waals surface area contributed by atoms with Crippen molar-refractivity contribution in [3.05, 3.63) is 100 Å². The van der Waals surface area contributed by atoms with E-state index in [1.54, 1.807) is 0 Å². The van der Waals surface area contributed by atoms with Crippen LogP contribution in [0.3, 0.4) is 0 Å². The number of benzene rings is 3. The van der Waals surface area contributed by atoms with Crippen molar-refractivity contribution in [3.8, 4) is 0 Å². The Morgan fingerprint density at radius 2 is 1.71 bits per heavy atom. The van der Waals surface area contributed by atoms with Crippen molar-refractivity contribution in [2.75, 3.05) is 11.4 Å². The minimum Gasteiger partial charge on any atom is -0.363 e. The van der Waals surface area contributed by atoms with Gasteiger partial charge in [0, 0.05) is 35.9 Å². The number of nitrogens with one attached hydrogen (secondary N) is 1. The predicted octanol–water partition coefficient (Wildman–Crippen LogP) is 5.22. The molecule has 4 heteroatoms. The Balaban J connectivity index is 1.30. The highest BCUT2D eigenvalue weighted by Crippen LogP contribution is 2.32. The summed E-state index contributed by atoms with van der Waals surface area (Å²) in [4.78, 5) is 14.6. The van der Waals surface area contributed by atoms with E-state index in [2.05, 4.69) is 28.4 Å². The van der Waals surface area contributed by atoms with Crippen molar-refractivity contribution in [1.82, 2.24) is 5.32 Å². The normalized spacial score (nSPS) is 12.7. The highest BCUT2D eigenvalue weighted by atomic mass is 35.5. The first-order chi connectivity index (χ1) is 13.7. The Bertz CT molecular complexity index is 954. The molecule has 0 saturated carbocycles. The number of halogens is 1. The van der Waals surface area contributed by atoms with Crippen molar-refractivity contribution in [3.63, 3.8) is 0 Å². The molecule has 3 nitrogen and oxygen atoms in total. The van der Waals surface area contributed by atoms with Gasteiger partial charge in [-0.1, -0.05) is 54.1 Å². The largest absolute Gasteiger partial charge is 0.363 e. The summed E-state index contributed by atoms with van der Waals surface area (Å²) in [6.07, 6.45) is 1.90. The third-order valence-electron chi connectivity index (χ3n) is 5.19. The second-order valence-electron chi connectivity index (χ2n) is 7.13. The molecule has 3 aromatic carbocycles. The number of hydrogen-bond acceptors (Lipinski definition) is 2. The molecule has 0 aromatic heterocycles. The van der Waals surface area contributed by atoms with Crippen molar-refractivity contribution in [2.45, 2.75) is 25.9 Å². The monoisotopic (exact) mass is 390 g/mol. The highest BCUT2D eigenvalue weighted by Gasteiger charge is 2.21. The Kier molecular flexibility index (Phi) is 5.63. The van der Waals surface area contributed by atoms with Gasteiger partial charge in [-0.05, 0) is 59.9 Å². The molecule has 3 aromatic rings. The third-order valence-corrected chi connectivity index (χ3v) is 5.55. The van der Waals surface area contributed by atoms with Crippen LogP contribution in [0.2, 0.25) is 5.02 Å². The van der Waals surface area contributed by atoms with Crippen LogP contribution in [-0.2, 0) is 19.5 Å². The summed E-state index contributed by atoms with van der Waals surface area (Å²) in [7, 11) is 0. The lowest BCUT2D eigenvalue weighted by molar-refractivity contribution is 0.0953. The summed E-state index contributed by atoms with van der Waals surface area (Å²) >= 11 is 6.31. The number of hydrogen-bond donors (Lipinski definition) is 1. The summed E-state index contributed by atoms with van der Waals surface area (Å²) in [5.74, 6) is -0.0210. The van der Waals surface area contributed by atoms with Gasteiger partial charge in [0.05, 0.1) is 0 Å². The Labute approximate surface area is 171 Å². The van der Waals surface area contributed by atoms with Gasteiger partial charge >= 0.3 is 0 Å². The van der Waals surface area contributed by atoms with Crippen LogP contribution in [0.4, 0.5) is 5.69 Å². The smallest absolute Gasteiger partial charge is 0.251 e. The SMILES string of the molecule is O=C(NCCCc1ccccc1)c1ccc(N2Cc3cccc(Cl)c3C2)cc1. The van der Waals surface area contributed by atoms with Crippen LogP contribution < -0.4 is 10.2 Å². The molecule has 0 spiro atoms. The molecule has 1 aliphatic rings. The molecule has 0 bridgehead atoms. The summed E-state index contributed by atoms with van der Waals surface area (Å²) < 4.78 is 0. The Morgan fingerprint density at radius 3 is 2.46 bits per heavy atom. The molecule has 0 atom stereocenters. The molecule has 1 heterocycles. The molecule has 0 radical (unpaired) electrons. The van der Waals surface area contributed by atoms with Crippen LogP contribution in [0.15, 0.2) is 72.8 Å². The first kappa shape index (κ1) is 18.6. The van der Waals surface area contributed by atoms with Gasteiger partial charge in [-0.25, -0.2) is 0 Å². The topological polar surface area (TPSA) is 32.3 Å². The summed E-state index contributed by atoms with van der Waals surface area (Å²) in [5, 5.41) is 3.84. The van der Waals surface area contributed by atoms with E-state index in [1.165, 1.54) is 16.7 Å². The maximum atomic E-state index is 12.4. The molecule has 1 amide bonds. The number of amides is 1. The lowest BCUT2D eigenvalue weighted by atomic mass is 10.1. The number of rotatable bonds is 6. The lowest BCUT2D eigenvalue weighted by Crippen LogP contribution is -2.24. The first-order valence-corrected chi connectivity index (χ1v) is 10.0. The fourth-order valence-electron chi connectivity index (χ4n) is 3.63. The Morgan fingerprint density at radius 1 is 0.929 bits per heavy atom. The third kappa shape index (κ3) is 4.20. The van der Waals surface area contributed by atoms with Crippen molar-refractivity contribution < 1.29 is 4.79 Å². The van der Waals surface area contributed by atoms with Crippen molar-refractivity contribution in [2.24, 2.45) is 0 Å². The maximum absolute atomic E-state index is 12.4. The molecule has 1 N–H and O–H groups in total. The van der Waals surface area contributed by atoms with E-state index in [0.29, 0.717) is 12.1 Å². The average Bonchev–Trinajstić information content (AvgIpc) is 3.18. The van der Waals surface area contributed by atoms with E-state index >= 15 is 0 Å². The van der Waals surface area contributed by atoms with Gasteiger partial charge in [-0.3, -0.25) is 4.79 Å². The van der Waals surface area contributed by atoms with Gasteiger partial charge in [-0.2, -0.15) is 0 Å². The molecular weight excluding hydrogens is 368 g/mol. The van der Waals surface area contributed by atoms with Crippen LogP contribution in [-0.4, -0.2) is 12.5 Å². The standard InChI is InChI=1S/C24H23ClN2O/c25-23-10-4-9-20-16-27(17-22(20)23)21-13-11-19(12-14-21)24(28)26-15-5-8-18-6-2-1-3-7-18/h1-4,6-7,9-14H,5,8,15-17H2,(H,26,28). The molecule has 0 saturated heterocycles. The fraction of sp³-hybridized carbons (Fsp3) is 0.208. The van der Waals surface area contributed by atoms with Gasteiger partial charge in [-0.15, -0.1) is 0 Å². The molecule has 0 fully saturated rings. The second kappa shape index (κ2) is 8.49. The zero-order valence-electron chi connectivity index (χ0n) is 15.7. The van der Waals surface area contributed by atoms with Crippen LogP contribution in [0.1, 0.15) is 33.5 Å². The van der Waals surface area contributed by atoms with Gasteiger partial charge in [0.15, 0.2) is 0 Å². The second-order valence-corrected chi connectivity index (χ2v) is 7.53. The fourth-order valence-corrected chi connectivity index (χ4v) is 3.88. The summed E-state index contributed by atoms with van der Waals surface area (Å²) in [5.41, 5.74) is 5.57. The highest BCUT2D eigenvalue weighted by molar-refractivity contribution is 6.31. The maximum Gasteiger partial charge on any atom is 0.251 e. The minimum absolute atomic E-state index is 0.0210. The van der Waals surface area contributed by atoms with Crippen LogP contribution in [0, 0.1) is 0 Å². The summed E-state index contributed by atoms with van der Waals surface area (Å²) in [6.45, 7) is 2.33. The molecule has 142 valence electrons. The number of aryl methyl sites for hydroxylation is 1. The van der Waals surface area contributed by atoms with Crippen LogP contribution >= 0.6 is 11.6 Å². The van der Waals surface area contributed by atoms with E-state index in [-0.39, 0.29) is 5.91 Å². The van der Waals surface area contributed by atoms with E-state index in [0.717, 1.165) is 36.6 Å². The van der Waals surface area contributed by atoms with Gasteiger partial charge in [0.1, 0.15) is 0 Å². The summed E-state index contributed by atoms with van der Waals surface area (Å²) in [6, 6.07) is 24.2. The average molecular weight is 391 g/mol. The van der Waals surface area contributed by atoms with Gasteiger partial charge in [0.2, 0.25) is 0 Å². The number of nitrogens with zero attached hydrogens (tertiary/aromatic N) is 1. The number of carbonyl (C=O) groups is 1. The van der Waals surface area contributed by atoms with Crippen LogP contribution in [0.25, 0.3) is 0 Å². The molecular formula is C24H23ClN2O. The molecule has 0 aliphatic carbocycles. The number of fused-ring (bicyclic) bond motifs is 1. The zero-order valence-corrected chi connectivity index (χ0v) is 16.5. The molecule has 4 rings (SSSR count). The van der Waals surface area contributed by atoms with E-state index < -0.39 is 0 Å². The molecule has 0 unspecified atom stereocenters. The lowest BCUT2D eigenvalue weighted by Gasteiger charge is -2.18. The van der Waals surface area contributed by atoms with E-state index in [4.69, 9.17) is 11.6 Å². The van der Waals surface area contributed by atoms with Crippen molar-refractivity contribution >= 4 is 23.2 Å². The molecule has 28 heavy (non-hydrogen) atoms. The zero-order chi connectivity index (χ0) is 19.3. The van der Waals surface area contributed by atoms with E-state index in [9.17, 15) is 4.79 Å². The van der Waals surface area contributed by atoms with Crippen LogP contribution in [0.5, 0.6) is 0 Å². The quantitative estimate of drug-likeness (QED) is 0.585. The Hall–Kier alpha value is -2.78. The predicted molar refractivity (Wildman–Crippen MR) is 115 cm³/mol. The van der Waals surface area contributed by atoms with Gasteiger partial charge < -0.3 is 10.2 Å². The van der Waals surface area contributed by atoms with Gasteiger partial charge in [0.25, 0.3) is 5.91 Å². The van der Waals surface area contributed by atoms with E-state index in [1.807, 2.05) is 54.6 Å².